The molecule has 7 heteroatoms. The number of para-hydroxylation sites is 1. The van der Waals surface area contributed by atoms with Crippen molar-refractivity contribution in [1.82, 2.24) is 0 Å². The highest BCUT2D eigenvalue weighted by Crippen LogP contribution is 2.47. The predicted molar refractivity (Wildman–Crippen MR) is 92.9 cm³/mol. The van der Waals surface area contributed by atoms with Crippen LogP contribution in [-0.2, 0) is 9.63 Å². The Kier molecular flexibility index (Phi) is 4.99. The number of carbonyl (C=O) groups is 1. The lowest BCUT2D eigenvalue weighted by molar-refractivity contribution is -0.630. The van der Waals surface area contributed by atoms with Crippen LogP contribution in [0, 0.1) is 15.5 Å². The van der Waals surface area contributed by atoms with Gasteiger partial charge in [-0.2, -0.15) is 5.06 Å². The number of nitrogens with zero attached hydrogens (tertiary/aromatic N) is 2. The molecule has 0 aromatic heterocycles. The third kappa shape index (κ3) is 3.02. The minimum Gasteiger partial charge on any atom is -0.336 e. The second-order valence-electron chi connectivity index (χ2n) is 6.40. The second-order valence-corrected chi connectivity index (χ2v) is 6.40. The minimum absolute atomic E-state index is 0.144. The average Bonchev–Trinajstić information content (AvgIpc) is 2.58. The monoisotopic (exact) mass is 346 g/mol. The van der Waals surface area contributed by atoms with E-state index in [4.69, 9.17) is 4.84 Å². The lowest BCUT2D eigenvalue weighted by Crippen LogP contribution is -2.57. The number of anilines is 1. The zero-order valence-corrected chi connectivity index (χ0v) is 14.7. The van der Waals surface area contributed by atoms with Crippen LogP contribution >= 0.6 is 0 Å². The lowest BCUT2D eigenvalue weighted by atomic mass is 9.71. The Morgan fingerprint density at radius 1 is 1.28 bits per heavy atom. The lowest BCUT2D eigenvalue weighted by Gasteiger charge is -2.42. The van der Waals surface area contributed by atoms with E-state index in [1.807, 2.05) is 0 Å². The predicted octanol–water partition coefficient (Wildman–Crippen LogP) is 3.20. The van der Waals surface area contributed by atoms with Crippen molar-refractivity contribution < 1.29 is 19.7 Å². The first kappa shape index (κ1) is 18.7. The standard InChI is InChI=1S/C18H22N2O5/c1-5-16(21)25-19(14-9-7-6-8-10-14)15-12-11-13(2)18(22,20(23)24)17(15,3)4/h6-12,22H,5H2,1-4H3. The summed E-state index contributed by atoms with van der Waals surface area (Å²) < 4.78 is 0. The van der Waals surface area contributed by atoms with Gasteiger partial charge in [0.15, 0.2) is 0 Å². The third-order valence-electron chi connectivity index (χ3n) is 4.51. The van der Waals surface area contributed by atoms with Crippen LogP contribution in [0.3, 0.4) is 0 Å². The Hall–Kier alpha value is -2.67. The van der Waals surface area contributed by atoms with E-state index in [1.54, 1.807) is 57.2 Å². The highest BCUT2D eigenvalue weighted by Gasteiger charge is 2.61. The van der Waals surface area contributed by atoms with E-state index in [9.17, 15) is 20.0 Å². The molecule has 2 rings (SSSR count). The summed E-state index contributed by atoms with van der Waals surface area (Å²) in [7, 11) is 0. The summed E-state index contributed by atoms with van der Waals surface area (Å²) in [5.41, 5.74) is -2.62. The Labute approximate surface area is 146 Å². The highest BCUT2D eigenvalue weighted by atomic mass is 16.7. The first-order chi connectivity index (χ1) is 11.7. The van der Waals surface area contributed by atoms with Crippen molar-refractivity contribution in [2.24, 2.45) is 5.41 Å². The molecular formula is C18H22N2O5. The van der Waals surface area contributed by atoms with Gasteiger partial charge in [-0.15, -0.1) is 0 Å². The molecule has 0 amide bonds. The van der Waals surface area contributed by atoms with Crippen molar-refractivity contribution in [3.63, 3.8) is 0 Å². The molecular weight excluding hydrogens is 324 g/mol. The fourth-order valence-corrected chi connectivity index (χ4v) is 2.86. The van der Waals surface area contributed by atoms with Gasteiger partial charge in [0.05, 0.1) is 16.3 Å². The zero-order chi connectivity index (χ0) is 18.8. The Balaban J connectivity index is 2.60. The molecule has 0 saturated heterocycles. The largest absolute Gasteiger partial charge is 0.355 e. The Morgan fingerprint density at radius 2 is 1.88 bits per heavy atom. The number of hydroxylamine groups is 1. The number of aliphatic hydroxyl groups is 1. The summed E-state index contributed by atoms with van der Waals surface area (Å²) >= 11 is 0. The number of benzene rings is 1. The molecule has 0 aliphatic heterocycles. The summed E-state index contributed by atoms with van der Waals surface area (Å²) in [5.74, 6) is -0.489. The van der Waals surface area contributed by atoms with Gasteiger partial charge < -0.3 is 9.94 Å². The molecule has 134 valence electrons. The van der Waals surface area contributed by atoms with Crippen LogP contribution in [0.1, 0.15) is 34.1 Å². The minimum atomic E-state index is -2.32. The van der Waals surface area contributed by atoms with E-state index in [2.05, 4.69) is 0 Å². The van der Waals surface area contributed by atoms with Gasteiger partial charge in [-0.25, -0.2) is 4.79 Å². The molecule has 25 heavy (non-hydrogen) atoms. The van der Waals surface area contributed by atoms with E-state index in [1.165, 1.54) is 18.1 Å². The first-order valence-electron chi connectivity index (χ1n) is 7.98. The fraction of sp³-hybridized carbons (Fsp3) is 0.389. The average molecular weight is 346 g/mol. The molecule has 0 bridgehead atoms. The van der Waals surface area contributed by atoms with Crippen LogP contribution in [0.2, 0.25) is 0 Å². The number of nitro groups is 1. The molecule has 0 radical (unpaired) electrons. The van der Waals surface area contributed by atoms with Crippen LogP contribution in [0.25, 0.3) is 0 Å². The zero-order valence-electron chi connectivity index (χ0n) is 14.7. The van der Waals surface area contributed by atoms with Crippen molar-refractivity contribution in [2.45, 2.75) is 39.8 Å². The van der Waals surface area contributed by atoms with Gasteiger partial charge in [-0.05, 0) is 39.0 Å². The second kappa shape index (κ2) is 6.68. The highest BCUT2D eigenvalue weighted by molar-refractivity contribution is 5.71. The van der Waals surface area contributed by atoms with Gasteiger partial charge in [0.1, 0.15) is 5.41 Å². The number of allylic oxidation sites excluding steroid dienone is 2. The molecule has 0 spiro atoms. The molecule has 1 aliphatic carbocycles. The maximum absolute atomic E-state index is 11.9. The Morgan fingerprint density at radius 3 is 2.40 bits per heavy atom. The topological polar surface area (TPSA) is 92.9 Å². The van der Waals surface area contributed by atoms with E-state index in [0.717, 1.165) is 0 Å². The van der Waals surface area contributed by atoms with Crippen molar-refractivity contribution in [3.05, 3.63) is 63.9 Å². The van der Waals surface area contributed by atoms with Crippen LogP contribution in [-0.4, -0.2) is 21.7 Å². The van der Waals surface area contributed by atoms with Crippen LogP contribution in [0.5, 0.6) is 0 Å². The number of carbonyl (C=O) groups excluding carboxylic acids is 1. The molecule has 7 nitrogen and oxygen atoms in total. The normalized spacial score (nSPS) is 21.8. The summed E-state index contributed by atoms with van der Waals surface area (Å²) in [6.45, 7) is 6.26. The molecule has 0 saturated carbocycles. The van der Waals surface area contributed by atoms with E-state index >= 15 is 0 Å². The van der Waals surface area contributed by atoms with Crippen LogP contribution in [0.15, 0.2) is 53.8 Å². The SMILES string of the molecule is CCC(=O)ON(C1=CC=C(C)C(O)([N+](=O)[O-])C1(C)C)c1ccccc1. The molecule has 1 N–H and O–H groups in total. The van der Waals surface area contributed by atoms with Gasteiger partial charge >= 0.3 is 11.7 Å². The van der Waals surface area contributed by atoms with Gasteiger partial charge in [-0.1, -0.05) is 31.2 Å². The summed E-state index contributed by atoms with van der Waals surface area (Å²) in [6, 6.07) is 8.77. The van der Waals surface area contributed by atoms with E-state index in [0.29, 0.717) is 11.4 Å². The Bertz CT molecular complexity index is 739. The van der Waals surface area contributed by atoms with Crippen molar-refractivity contribution in [1.29, 1.82) is 0 Å². The number of hydrogen-bond donors (Lipinski definition) is 1. The maximum atomic E-state index is 11.9. The van der Waals surface area contributed by atoms with Gasteiger partial charge in [0, 0.05) is 12.0 Å². The van der Waals surface area contributed by atoms with Gasteiger partial charge in [0.25, 0.3) is 0 Å². The van der Waals surface area contributed by atoms with Gasteiger partial charge in [0.2, 0.25) is 0 Å². The first-order valence-corrected chi connectivity index (χ1v) is 7.98. The summed E-state index contributed by atoms with van der Waals surface area (Å²) in [4.78, 5) is 28.3. The maximum Gasteiger partial charge on any atom is 0.355 e. The molecule has 0 fully saturated rings. The third-order valence-corrected chi connectivity index (χ3v) is 4.51. The number of rotatable bonds is 5. The van der Waals surface area contributed by atoms with Gasteiger partial charge in [-0.3, -0.25) is 10.1 Å². The molecule has 1 aromatic rings. The van der Waals surface area contributed by atoms with E-state index < -0.39 is 22.0 Å². The molecule has 1 aromatic carbocycles. The summed E-state index contributed by atoms with van der Waals surface area (Å²) in [6.07, 6.45) is 3.24. The van der Waals surface area contributed by atoms with Crippen molar-refractivity contribution >= 4 is 11.7 Å². The number of hydrogen-bond acceptors (Lipinski definition) is 6. The molecule has 0 heterocycles. The molecule has 1 aliphatic rings. The van der Waals surface area contributed by atoms with E-state index in [-0.39, 0.29) is 12.0 Å². The van der Waals surface area contributed by atoms with Crippen LogP contribution in [0.4, 0.5) is 5.69 Å². The van der Waals surface area contributed by atoms with Crippen molar-refractivity contribution in [3.8, 4) is 0 Å². The molecule has 1 unspecified atom stereocenters. The van der Waals surface area contributed by atoms with Crippen LogP contribution < -0.4 is 5.06 Å². The van der Waals surface area contributed by atoms with Crippen molar-refractivity contribution in [2.75, 3.05) is 5.06 Å². The quantitative estimate of drug-likeness (QED) is 0.500. The smallest absolute Gasteiger partial charge is 0.336 e. The fourth-order valence-electron chi connectivity index (χ4n) is 2.86. The summed E-state index contributed by atoms with van der Waals surface area (Å²) in [5, 5.41) is 23.7. The molecule has 1 atom stereocenters.